The zero-order chi connectivity index (χ0) is 14.8. The van der Waals surface area contributed by atoms with E-state index in [4.69, 9.17) is 0 Å². The fourth-order valence-electron chi connectivity index (χ4n) is 2.16. The Kier molecular flexibility index (Phi) is 3.84. The van der Waals surface area contributed by atoms with E-state index < -0.39 is 10.8 Å². The van der Waals surface area contributed by atoms with Crippen LogP contribution < -0.4 is 0 Å². The van der Waals surface area contributed by atoms with E-state index in [2.05, 4.69) is 40.9 Å². The van der Waals surface area contributed by atoms with E-state index in [0.29, 0.717) is 16.8 Å². The third-order valence-electron chi connectivity index (χ3n) is 3.37. The van der Waals surface area contributed by atoms with Crippen LogP contribution in [0.5, 0.6) is 0 Å². The number of rotatable bonds is 4. The van der Waals surface area contributed by atoms with Gasteiger partial charge in [0.2, 0.25) is 0 Å². The van der Waals surface area contributed by atoms with E-state index in [9.17, 15) is 4.21 Å². The quantitative estimate of drug-likeness (QED) is 0.803. The smallest absolute Gasteiger partial charge is 0.197 e. The summed E-state index contributed by atoms with van der Waals surface area (Å²) in [5.74, 6) is 0.831. The average Bonchev–Trinajstić information content (AvgIpc) is 2.91. The van der Waals surface area contributed by atoms with Gasteiger partial charge in [-0.3, -0.25) is 9.19 Å². The highest BCUT2D eigenvalue weighted by Crippen LogP contribution is 2.21. The number of H-pyrrole nitrogens is 1. The molecule has 0 radical (unpaired) electrons. The number of nitrogens with zero attached hydrogens (tertiary/aromatic N) is 2. The van der Waals surface area contributed by atoms with E-state index in [0.717, 1.165) is 16.7 Å². The Morgan fingerprint density at radius 3 is 2.81 bits per heavy atom. The average molecular weight is 299 g/mol. The molecule has 0 saturated carbocycles. The van der Waals surface area contributed by atoms with Crippen molar-refractivity contribution in [2.45, 2.75) is 30.7 Å². The number of hydrogen-bond donors (Lipinski definition) is 1. The molecule has 1 atom stereocenters. The molecule has 1 unspecified atom stereocenters. The van der Waals surface area contributed by atoms with Gasteiger partial charge in [-0.15, -0.1) is 0 Å². The van der Waals surface area contributed by atoms with E-state index in [-0.39, 0.29) is 0 Å². The highest BCUT2D eigenvalue weighted by atomic mass is 32.2. The molecule has 108 valence electrons. The zero-order valence-corrected chi connectivity index (χ0v) is 12.9. The van der Waals surface area contributed by atoms with Crippen LogP contribution in [0, 0.1) is 0 Å². The number of fused-ring (bicyclic) bond motifs is 1. The first-order chi connectivity index (χ1) is 10.1. The molecule has 2 aromatic heterocycles. The lowest BCUT2D eigenvalue weighted by Crippen LogP contribution is -2.00. The predicted molar refractivity (Wildman–Crippen MR) is 84.5 cm³/mol. The molecule has 0 amide bonds. The molecule has 5 heteroatoms. The summed E-state index contributed by atoms with van der Waals surface area (Å²) < 4.78 is 12.4. The summed E-state index contributed by atoms with van der Waals surface area (Å²) in [6, 6.07) is 11.7. The Bertz CT molecular complexity index is 781. The Morgan fingerprint density at radius 1 is 1.24 bits per heavy atom. The van der Waals surface area contributed by atoms with Crippen molar-refractivity contribution in [1.82, 2.24) is 15.0 Å². The van der Waals surface area contributed by atoms with Crippen LogP contribution >= 0.6 is 0 Å². The van der Waals surface area contributed by atoms with Crippen molar-refractivity contribution in [3.63, 3.8) is 0 Å². The van der Waals surface area contributed by atoms with Crippen LogP contribution in [0.3, 0.4) is 0 Å². The Labute approximate surface area is 126 Å². The lowest BCUT2D eigenvalue weighted by atomic mass is 10.0. The molecule has 2 heterocycles. The second kappa shape index (κ2) is 5.77. The fourth-order valence-corrected chi connectivity index (χ4v) is 3.16. The van der Waals surface area contributed by atoms with Gasteiger partial charge < -0.3 is 4.98 Å². The van der Waals surface area contributed by atoms with Crippen LogP contribution in [-0.2, 0) is 16.6 Å². The van der Waals surface area contributed by atoms with Gasteiger partial charge in [0.05, 0.1) is 33.3 Å². The standard InChI is InChI=1S/C16H17N3OS/c1-11(2)12-6-7-14-15(9-12)19-16(18-14)21(20)10-13-5-3-4-8-17-13/h3-9,11H,10H2,1-2H3,(H,18,19). The summed E-state index contributed by atoms with van der Waals surface area (Å²) in [5.41, 5.74) is 3.83. The molecule has 0 aliphatic heterocycles. The van der Waals surface area contributed by atoms with E-state index in [1.54, 1.807) is 6.20 Å². The topological polar surface area (TPSA) is 58.6 Å². The molecule has 1 aromatic carbocycles. The minimum Gasteiger partial charge on any atom is -0.331 e. The van der Waals surface area contributed by atoms with Crippen LogP contribution in [0.15, 0.2) is 47.8 Å². The first kappa shape index (κ1) is 13.9. The first-order valence-electron chi connectivity index (χ1n) is 6.91. The number of aromatic nitrogens is 3. The number of aromatic amines is 1. The molecule has 3 rings (SSSR count). The summed E-state index contributed by atoms with van der Waals surface area (Å²) in [6.07, 6.45) is 1.71. The molecule has 0 saturated heterocycles. The molecule has 0 spiro atoms. The molecule has 0 aliphatic rings. The second-order valence-corrected chi connectivity index (χ2v) is 6.65. The van der Waals surface area contributed by atoms with Crippen LogP contribution in [-0.4, -0.2) is 19.2 Å². The third kappa shape index (κ3) is 3.03. The Balaban J connectivity index is 1.88. The predicted octanol–water partition coefficient (Wildman–Crippen LogP) is 3.39. The van der Waals surface area contributed by atoms with Gasteiger partial charge in [0.1, 0.15) is 0 Å². The summed E-state index contributed by atoms with van der Waals surface area (Å²) in [7, 11) is -1.21. The first-order valence-corrected chi connectivity index (χ1v) is 8.23. The van der Waals surface area contributed by atoms with Crippen LogP contribution in [0.4, 0.5) is 0 Å². The molecule has 3 aromatic rings. The van der Waals surface area contributed by atoms with E-state index in [1.165, 1.54) is 5.56 Å². The Hall–Kier alpha value is -2.01. The van der Waals surface area contributed by atoms with Crippen LogP contribution in [0.25, 0.3) is 11.0 Å². The number of pyridine rings is 1. The minimum atomic E-state index is -1.21. The largest absolute Gasteiger partial charge is 0.331 e. The molecular weight excluding hydrogens is 282 g/mol. The normalized spacial score (nSPS) is 12.9. The molecule has 0 fully saturated rings. The highest BCUT2D eigenvalue weighted by molar-refractivity contribution is 7.84. The SMILES string of the molecule is CC(C)c1ccc2nc(S(=O)Cc3ccccn3)[nH]c2c1. The van der Waals surface area contributed by atoms with Gasteiger partial charge >= 0.3 is 0 Å². The van der Waals surface area contributed by atoms with Gasteiger partial charge in [-0.25, -0.2) is 4.98 Å². The van der Waals surface area contributed by atoms with Crippen molar-refractivity contribution in [1.29, 1.82) is 0 Å². The lowest BCUT2D eigenvalue weighted by Gasteiger charge is -2.03. The maximum absolute atomic E-state index is 12.4. The number of hydrogen-bond acceptors (Lipinski definition) is 3. The summed E-state index contributed by atoms with van der Waals surface area (Å²) in [5, 5.41) is 0.511. The van der Waals surface area contributed by atoms with Crippen molar-refractivity contribution in [2.24, 2.45) is 0 Å². The second-order valence-electron chi connectivity index (χ2n) is 5.28. The minimum absolute atomic E-state index is 0.373. The zero-order valence-electron chi connectivity index (χ0n) is 12.0. The van der Waals surface area contributed by atoms with Crippen molar-refractivity contribution in [2.75, 3.05) is 0 Å². The molecular formula is C16H17N3OS. The van der Waals surface area contributed by atoms with E-state index in [1.807, 2.05) is 24.3 Å². The van der Waals surface area contributed by atoms with Gasteiger partial charge in [-0.05, 0) is 35.7 Å². The monoisotopic (exact) mass is 299 g/mol. The molecule has 0 bridgehead atoms. The van der Waals surface area contributed by atoms with Crippen molar-refractivity contribution >= 4 is 21.8 Å². The Morgan fingerprint density at radius 2 is 2.10 bits per heavy atom. The van der Waals surface area contributed by atoms with Gasteiger partial charge in [0.15, 0.2) is 5.16 Å². The molecule has 4 nitrogen and oxygen atoms in total. The van der Waals surface area contributed by atoms with Gasteiger partial charge in [-0.1, -0.05) is 26.0 Å². The van der Waals surface area contributed by atoms with Crippen LogP contribution in [0.2, 0.25) is 0 Å². The molecule has 21 heavy (non-hydrogen) atoms. The molecule has 0 aliphatic carbocycles. The summed E-state index contributed by atoms with van der Waals surface area (Å²) in [6.45, 7) is 4.30. The van der Waals surface area contributed by atoms with Crippen molar-refractivity contribution in [3.8, 4) is 0 Å². The summed E-state index contributed by atoms with van der Waals surface area (Å²) >= 11 is 0. The van der Waals surface area contributed by atoms with Crippen LogP contribution in [0.1, 0.15) is 31.0 Å². The highest BCUT2D eigenvalue weighted by Gasteiger charge is 2.12. The van der Waals surface area contributed by atoms with E-state index >= 15 is 0 Å². The summed E-state index contributed by atoms with van der Waals surface area (Å²) in [4.78, 5) is 11.8. The van der Waals surface area contributed by atoms with Gasteiger partial charge in [0.25, 0.3) is 0 Å². The number of benzene rings is 1. The molecule has 1 N–H and O–H groups in total. The van der Waals surface area contributed by atoms with Crippen molar-refractivity contribution < 1.29 is 4.21 Å². The van der Waals surface area contributed by atoms with Crippen molar-refractivity contribution in [3.05, 3.63) is 53.9 Å². The number of imidazole rings is 1. The number of nitrogens with one attached hydrogen (secondary N) is 1. The third-order valence-corrected chi connectivity index (χ3v) is 4.55. The maximum Gasteiger partial charge on any atom is 0.197 e. The lowest BCUT2D eigenvalue weighted by molar-refractivity contribution is 0.677. The van der Waals surface area contributed by atoms with Gasteiger partial charge in [-0.2, -0.15) is 0 Å². The fraction of sp³-hybridized carbons (Fsp3) is 0.250. The maximum atomic E-state index is 12.4. The van der Waals surface area contributed by atoms with Gasteiger partial charge in [0, 0.05) is 6.20 Å².